The van der Waals surface area contributed by atoms with Crippen molar-refractivity contribution in [3.05, 3.63) is 58.9 Å². The van der Waals surface area contributed by atoms with Crippen LogP contribution in [0.1, 0.15) is 30.0 Å². The Kier molecular flexibility index (Phi) is 5.83. The van der Waals surface area contributed by atoms with Gasteiger partial charge in [0.2, 0.25) is 0 Å². The normalized spacial score (nSPS) is 12.0. The predicted molar refractivity (Wildman–Crippen MR) is 103 cm³/mol. The summed E-state index contributed by atoms with van der Waals surface area (Å²) in [4.78, 5) is 12.6. The van der Waals surface area contributed by atoms with Crippen molar-refractivity contribution in [3.8, 4) is 16.8 Å². The fourth-order valence-electron chi connectivity index (χ4n) is 2.65. The van der Waals surface area contributed by atoms with Gasteiger partial charge in [-0.15, -0.1) is 5.10 Å². The number of hydrogen-bond acceptors (Lipinski definition) is 5. The van der Waals surface area contributed by atoms with Gasteiger partial charge in [-0.1, -0.05) is 30.7 Å². The van der Waals surface area contributed by atoms with Gasteiger partial charge < -0.3 is 10.4 Å². The van der Waals surface area contributed by atoms with Gasteiger partial charge in [0.15, 0.2) is 5.82 Å². The molecule has 1 aromatic heterocycles. The molecule has 1 heterocycles. The number of rotatable bonds is 6. The molecule has 3 rings (SSSR count). The van der Waals surface area contributed by atoms with Crippen LogP contribution in [0, 0.1) is 0 Å². The van der Waals surface area contributed by atoms with Crippen LogP contribution in [0.15, 0.2) is 42.5 Å². The summed E-state index contributed by atoms with van der Waals surface area (Å²) >= 11 is 5.99. The van der Waals surface area contributed by atoms with Crippen LogP contribution in [0.25, 0.3) is 16.8 Å². The fraction of sp³-hybridized carbons (Fsp3) is 0.263. The second-order valence-corrected chi connectivity index (χ2v) is 6.63. The molecule has 0 bridgehead atoms. The number of carbonyl (C=O) groups is 1. The van der Waals surface area contributed by atoms with E-state index in [4.69, 9.17) is 11.6 Å². The molecule has 0 unspecified atom stereocenters. The molecule has 0 aliphatic carbocycles. The number of aliphatic hydroxyl groups is 1. The summed E-state index contributed by atoms with van der Waals surface area (Å²) in [7, 11) is 0. The molecule has 0 aliphatic heterocycles. The van der Waals surface area contributed by atoms with Gasteiger partial charge in [0.05, 0.1) is 12.3 Å². The van der Waals surface area contributed by atoms with E-state index >= 15 is 0 Å². The Morgan fingerprint density at radius 3 is 2.63 bits per heavy atom. The molecule has 7 nitrogen and oxygen atoms in total. The number of nitrogens with zero attached hydrogens (tertiary/aromatic N) is 4. The highest BCUT2D eigenvalue weighted by molar-refractivity contribution is 6.30. The quantitative estimate of drug-likeness (QED) is 0.680. The van der Waals surface area contributed by atoms with Gasteiger partial charge in [0.25, 0.3) is 5.91 Å². The lowest BCUT2D eigenvalue weighted by atomic mass is 10.0. The predicted octanol–water partition coefficient (Wildman–Crippen LogP) is 2.66. The van der Waals surface area contributed by atoms with E-state index in [1.165, 1.54) is 0 Å². The van der Waals surface area contributed by atoms with E-state index < -0.39 is 0 Å². The first-order valence-electron chi connectivity index (χ1n) is 8.62. The standard InChI is InChI=1S/C19H20ClN5O2/c1-3-18-22-23-24-25(18)17-9-14(13-4-6-16(20)7-5-13)8-15(10-17)19(27)21-12(2)11-26/h4-10,12,26H,3,11H2,1-2H3,(H,21,27)/t12-/m0/s1. The van der Waals surface area contributed by atoms with Crippen molar-refractivity contribution in [3.63, 3.8) is 0 Å². The van der Waals surface area contributed by atoms with Crippen LogP contribution >= 0.6 is 11.6 Å². The van der Waals surface area contributed by atoms with Crippen molar-refractivity contribution in [2.24, 2.45) is 0 Å². The molecular formula is C19H20ClN5O2. The van der Waals surface area contributed by atoms with Crippen molar-refractivity contribution < 1.29 is 9.90 Å². The molecule has 27 heavy (non-hydrogen) atoms. The third-order valence-electron chi connectivity index (χ3n) is 4.10. The molecule has 140 valence electrons. The first kappa shape index (κ1) is 19.0. The van der Waals surface area contributed by atoms with Gasteiger partial charge in [0.1, 0.15) is 0 Å². The summed E-state index contributed by atoms with van der Waals surface area (Å²) < 4.78 is 1.62. The molecule has 0 radical (unpaired) electrons. The number of aromatic nitrogens is 4. The van der Waals surface area contributed by atoms with Crippen LogP contribution in [-0.4, -0.2) is 43.9 Å². The van der Waals surface area contributed by atoms with E-state index in [1.54, 1.807) is 35.9 Å². The number of amides is 1. The van der Waals surface area contributed by atoms with E-state index in [2.05, 4.69) is 20.8 Å². The van der Waals surface area contributed by atoms with Crippen molar-refractivity contribution in [1.29, 1.82) is 0 Å². The Bertz CT molecular complexity index is 940. The lowest BCUT2D eigenvalue weighted by molar-refractivity contribution is 0.0922. The summed E-state index contributed by atoms with van der Waals surface area (Å²) in [6, 6.07) is 12.5. The Hall–Kier alpha value is -2.77. The lowest BCUT2D eigenvalue weighted by Crippen LogP contribution is -2.35. The smallest absolute Gasteiger partial charge is 0.251 e. The van der Waals surface area contributed by atoms with E-state index in [0.29, 0.717) is 28.5 Å². The maximum absolute atomic E-state index is 12.6. The number of tetrazole rings is 1. The lowest BCUT2D eigenvalue weighted by Gasteiger charge is -2.14. The minimum atomic E-state index is -0.348. The van der Waals surface area contributed by atoms with Crippen LogP contribution < -0.4 is 5.32 Å². The molecule has 0 saturated heterocycles. The zero-order valence-electron chi connectivity index (χ0n) is 15.1. The second-order valence-electron chi connectivity index (χ2n) is 6.19. The molecule has 0 aliphatic rings. The average Bonchev–Trinajstić information content (AvgIpc) is 3.17. The summed E-state index contributed by atoms with van der Waals surface area (Å²) in [6.45, 7) is 3.56. The second kappa shape index (κ2) is 8.28. The van der Waals surface area contributed by atoms with E-state index in [-0.39, 0.29) is 18.6 Å². The first-order valence-corrected chi connectivity index (χ1v) is 9.00. The highest BCUT2D eigenvalue weighted by Gasteiger charge is 2.15. The molecule has 0 spiro atoms. The maximum atomic E-state index is 12.6. The van der Waals surface area contributed by atoms with E-state index in [1.807, 2.05) is 25.1 Å². The minimum absolute atomic E-state index is 0.136. The minimum Gasteiger partial charge on any atom is -0.394 e. The highest BCUT2D eigenvalue weighted by atomic mass is 35.5. The largest absolute Gasteiger partial charge is 0.394 e. The zero-order chi connectivity index (χ0) is 19.4. The van der Waals surface area contributed by atoms with Gasteiger partial charge in [-0.2, -0.15) is 4.68 Å². The van der Waals surface area contributed by atoms with Crippen LogP contribution in [0.4, 0.5) is 0 Å². The van der Waals surface area contributed by atoms with Gasteiger partial charge in [-0.3, -0.25) is 4.79 Å². The third-order valence-corrected chi connectivity index (χ3v) is 4.36. The van der Waals surface area contributed by atoms with Crippen molar-refractivity contribution >= 4 is 17.5 Å². The van der Waals surface area contributed by atoms with Crippen LogP contribution in [-0.2, 0) is 6.42 Å². The molecule has 0 fully saturated rings. The van der Waals surface area contributed by atoms with Crippen molar-refractivity contribution in [2.75, 3.05) is 6.61 Å². The number of nitrogens with one attached hydrogen (secondary N) is 1. The Morgan fingerprint density at radius 2 is 1.96 bits per heavy atom. The highest BCUT2D eigenvalue weighted by Crippen LogP contribution is 2.26. The number of aliphatic hydroxyl groups excluding tert-OH is 1. The molecule has 0 saturated carbocycles. The van der Waals surface area contributed by atoms with Crippen LogP contribution in [0.2, 0.25) is 5.02 Å². The number of carbonyl (C=O) groups excluding carboxylic acids is 1. The fourth-order valence-corrected chi connectivity index (χ4v) is 2.78. The topological polar surface area (TPSA) is 92.9 Å². The van der Waals surface area contributed by atoms with Gasteiger partial charge in [-0.25, -0.2) is 0 Å². The molecule has 8 heteroatoms. The third kappa shape index (κ3) is 4.32. The maximum Gasteiger partial charge on any atom is 0.251 e. The summed E-state index contributed by atoms with van der Waals surface area (Å²) in [6.07, 6.45) is 0.654. The van der Waals surface area contributed by atoms with Crippen molar-refractivity contribution in [2.45, 2.75) is 26.3 Å². The summed E-state index contributed by atoms with van der Waals surface area (Å²) in [5, 5.41) is 24.4. The van der Waals surface area contributed by atoms with Crippen LogP contribution in [0.5, 0.6) is 0 Å². The Balaban J connectivity index is 2.10. The molecule has 1 amide bonds. The molecular weight excluding hydrogens is 366 g/mol. The van der Waals surface area contributed by atoms with E-state index in [0.717, 1.165) is 11.1 Å². The average molecular weight is 386 g/mol. The summed E-state index contributed by atoms with van der Waals surface area (Å²) in [5.74, 6) is 0.415. The Morgan fingerprint density at radius 1 is 1.22 bits per heavy atom. The van der Waals surface area contributed by atoms with Crippen molar-refractivity contribution in [1.82, 2.24) is 25.5 Å². The van der Waals surface area contributed by atoms with Gasteiger partial charge in [0, 0.05) is 23.0 Å². The number of aryl methyl sites for hydroxylation is 1. The van der Waals surface area contributed by atoms with E-state index in [9.17, 15) is 9.90 Å². The SMILES string of the molecule is CCc1nnnn1-c1cc(C(=O)N[C@@H](C)CO)cc(-c2ccc(Cl)cc2)c1. The molecule has 2 aromatic carbocycles. The monoisotopic (exact) mass is 385 g/mol. The zero-order valence-corrected chi connectivity index (χ0v) is 15.8. The molecule has 1 atom stereocenters. The van der Waals surface area contributed by atoms with Gasteiger partial charge >= 0.3 is 0 Å². The van der Waals surface area contributed by atoms with Crippen LogP contribution in [0.3, 0.4) is 0 Å². The molecule has 3 aromatic rings. The number of hydrogen-bond donors (Lipinski definition) is 2. The number of halogens is 1. The van der Waals surface area contributed by atoms with Gasteiger partial charge in [-0.05, 0) is 58.8 Å². The Labute approximate surface area is 162 Å². The first-order chi connectivity index (χ1) is 13.0. The number of benzene rings is 2. The molecule has 2 N–H and O–H groups in total. The summed E-state index contributed by atoms with van der Waals surface area (Å²) in [5.41, 5.74) is 2.89.